The molecule has 1 aromatic carbocycles. The van der Waals surface area contributed by atoms with E-state index in [9.17, 15) is 8.78 Å². The van der Waals surface area contributed by atoms with E-state index in [1.54, 1.807) is 0 Å². The average molecular weight is 284 g/mol. The Labute approximate surface area is 118 Å². The second-order valence-electron chi connectivity index (χ2n) is 5.60. The smallest absolute Gasteiger partial charge is 0.129 e. The maximum absolute atomic E-state index is 13.6. The molecule has 20 heavy (non-hydrogen) atoms. The summed E-state index contributed by atoms with van der Waals surface area (Å²) in [6.45, 7) is 6.55. The summed E-state index contributed by atoms with van der Waals surface area (Å²) in [5.74, 6) is -1.11. The molecule has 0 radical (unpaired) electrons. The second kappa shape index (κ2) is 6.61. The predicted molar refractivity (Wildman–Crippen MR) is 74.5 cm³/mol. The number of nitrogens with zero attached hydrogens (tertiary/aromatic N) is 1. The predicted octanol–water partition coefficient (Wildman–Crippen LogP) is 1.94. The number of hydrogen-bond donors (Lipinski definition) is 1. The number of ether oxygens (including phenoxy) is 1. The molecule has 0 aromatic heterocycles. The molecule has 1 saturated heterocycles. The van der Waals surface area contributed by atoms with E-state index >= 15 is 0 Å². The van der Waals surface area contributed by atoms with E-state index in [-0.39, 0.29) is 12.1 Å². The van der Waals surface area contributed by atoms with Crippen LogP contribution in [0.25, 0.3) is 0 Å². The lowest BCUT2D eigenvalue weighted by atomic mass is 10.00. The Morgan fingerprint density at radius 1 is 1.40 bits per heavy atom. The Balaban J connectivity index is 1.98. The van der Waals surface area contributed by atoms with Crippen LogP contribution >= 0.6 is 0 Å². The number of benzene rings is 1. The topological polar surface area (TPSA) is 38.5 Å². The molecule has 0 spiro atoms. The van der Waals surface area contributed by atoms with E-state index < -0.39 is 11.6 Å². The van der Waals surface area contributed by atoms with E-state index in [0.29, 0.717) is 24.6 Å². The molecule has 1 aliphatic rings. The lowest BCUT2D eigenvalue weighted by Crippen LogP contribution is -2.53. The summed E-state index contributed by atoms with van der Waals surface area (Å²) in [5, 5.41) is 0. The van der Waals surface area contributed by atoms with Crippen molar-refractivity contribution in [2.24, 2.45) is 5.73 Å². The molecular weight excluding hydrogens is 262 g/mol. The van der Waals surface area contributed by atoms with Gasteiger partial charge in [-0.25, -0.2) is 8.78 Å². The largest absolute Gasteiger partial charge is 0.374 e. The normalized spacial score (nSPS) is 22.2. The Kier molecular flexibility index (Phi) is 5.07. The van der Waals surface area contributed by atoms with Gasteiger partial charge < -0.3 is 10.5 Å². The van der Waals surface area contributed by atoms with Crippen LogP contribution in [0.2, 0.25) is 0 Å². The highest BCUT2D eigenvalue weighted by Gasteiger charge is 2.27. The molecule has 1 heterocycles. The molecule has 2 atom stereocenters. The molecule has 2 rings (SSSR count). The SMILES string of the molecule is CC(C)N1CCOC(C(N)Cc2ccc(F)cc2F)C1. The van der Waals surface area contributed by atoms with Crippen LogP contribution in [-0.2, 0) is 11.2 Å². The van der Waals surface area contributed by atoms with E-state index in [1.807, 2.05) is 0 Å². The molecule has 5 heteroatoms. The van der Waals surface area contributed by atoms with Crippen LogP contribution in [0.5, 0.6) is 0 Å². The summed E-state index contributed by atoms with van der Waals surface area (Å²) in [6.07, 6.45) is 0.235. The van der Waals surface area contributed by atoms with E-state index in [4.69, 9.17) is 10.5 Å². The zero-order valence-corrected chi connectivity index (χ0v) is 12.0. The van der Waals surface area contributed by atoms with E-state index in [2.05, 4.69) is 18.7 Å². The van der Waals surface area contributed by atoms with Crippen LogP contribution in [0.15, 0.2) is 18.2 Å². The first kappa shape index (κ1) is 15.4. The fourth-order valence-corrected chi connectivity index (χ4v) is 2.50. The Morgan fingerprint density at radius 3 is 2.80 bits per heavy atom. The van der Waals surface area contributed by atoms with Crippen LogP contribution in [0.1, 0.15) is 19.4 Å². The molecule has 1 aliphatic heterocycles. The van der Waals surface area contributed by atoms with Gasteiger partial charge in [-0.3, -0.25) is 4.90 Å². The molecule has 2 N–H and O–H groups in total. The highest BCUT2D eigenvalue weighted by molar-refractivity contribution is 5.20. The molecule has 3 nitrogen and oxygen atoms in total. The minimum absolute atomic E-state index is 0.115. The molecule has 1 aromatic rings. The Morgan fingerprint density at radius 2 is 2.15 bits per heavy atom. The quantitative estimate of drug-likeness (QED) is 0.918. The van der Waals surface area contributed by atoms with Crippen molar-refractivity contribution in [2.75, 3.05) is 19.7 Å². The zero-order chi connectivity index (χ0) is 14.7. The average Bonchev–Trinajstić information content (AvgIpc) is 2.42. The van der Waals surface area contributed by atoms with Crippen LogP contribution < -0.4 is 5.73 Å². The first-order valence-electron chi connectivity index (χ1n) is 7.02. The van der Waals surface area contributed by atoms with Gasteiger partial charge in [0, 0.05) is 31.2 Å². The second-order valence-corrected chi connectivity index (χ2v) is 5.60. The van der Waals surface area contributed by atoms with Gasteiger partial charge in [-0.15, -0.1) is 0 Å². The monoisotopic (exact) mass is 284 g/mol. The maximum atomic E-state index is 13.6. The summed E-state index contributed by atoms with van der Waals surface area (Å²) >= 11 is 0. The standard InChI is InChI=1S/C15H22F2N2O/c1-10(2)19-5-6-20-15(9-19)14(18)7-11-3-4-12(16)8-13(11)17/h3-4,8,10,14-15H,5-7,9,18H2,1-2H3. The summed E-state index contributed by atoms with van der Waals surface area (Å²) in [4.78, 5) is 2.30. The molecule has 0 saturated carbocycles. The van der Waals surface area contributed by atoms with Crippen molar-refractivity contribution in [2.45, 2.75) is 38.5 Å². The maximum Gasteiger partial charge on any atom is 0.129 e. The zero-order valence-electron chi connectivity index (χ0n) is 12.0. The minimum atomic E-state index is -0.570. The highest BCUT2D eigenvalue weighted by atomic mass is 19.1. The van der Waals surface area contributed by atoms with Crippen molar-refractivity contribution in [1.82, 2.24) is 4.90 Å². The van der Waals surface area contributed by atoms with Crippen molar-refractivity contribution in [3.05, 3.63) is 35.4 Å². The third kappa shape index (κ3) is 3.75. The van der Waals surface area contributed by atoms with Crippen molar-refractivity contribution in [3.63, 3.8) is 0 Å². The van der Waals surface area contributed by atoms with Gasteiger partial charge in [0.25, 0.3) is 0 Å². The van der Waals surface area contributed by atoms with Gasteiger partial charge in [0.05, 0.1) is 12.7 Å². The Hall–Kier alpha value is -1.04. The number of rotatable bonds is 4. The minimum Gasteiger partial charge on any atom is -0.374 e. The fourth-order valence-electron chi connectivity index (χ4n) is 2.50. The van der Waals surface area contributed by atoms with Gasteiger partial charge in [-0.05, 0) is 31.9 Å². The van der Waals surface area contributed by atoms with Crippen molar-refractivity contribution >= 4 is 0 Å². The number of morpholine rings is 1. The first-order valence-corrected chi connectivity index (χ1v) is 7.02. The van der Waals surface area contributed by atoms with E-state index in [1.165, 1.54) is 12.1 Å². The summed E-state index contributed by atoms with van der Waals surface area (Å²) in [6, 6.07) is 3.75. The molecule has 0 amide bonds. The molecule has 1 fully saturated rings. The van der Waals surface area contributed by atoms with Crippen molar-refractivity contribution < 1.29 is 13.5 Å². The lowest BCUT2D eigenvalue weighted by Gasteiger charge is -2.38. The summed E-state index contributed by atoms with van der Waals surface area (Å²) < 4.78 is 32.2. The number of halogens is 2. The molecule has 112 valence electrons. The molecule has 0 aliphatic carbocycles. The summed E-state index contributed by atoms with van der Waals surface area (Å²) in [7, 11) is 0. The fraction of sp³-hybridized carbons (Fsp3) is 0.600. The summed E-state index contributed by atoms with van der Waals surface area (Å²) in [5.41, 5.74) is 6.57. The van der Waals surface area contributed by atoms with Crippen LogP contribution in [-0.4, -0.2) is 42.8 Å². The van der Waals surface area contributed by atoms with Crippen molar-refractivity contribution in [3.8, 4) is 0 Å². The lowest BCUT2D eigenvalue weighted by molar-refractivity contribution is -0.0496. The van der Waals surface area contributed by atoms with Gasteiger partial charge in [-0.2, -0.15) is 0 Å². The van der Waals surface area contributed by atoms with Gasteiger partial charge in [0.15, 0.2) is 0 Å². The Bertz CT molecular complexity index is 453. The number of nitrogens with two attached hydrogens (primary N) is 1. The molecular formula is C15H22F2N2O. The van der Waals surface area contributed by atoms with Crippen LogP contribution in [0.4, 0.5) is 8.78 Å². The molecule has 2 unspecified atom stereocenters. The molecule has 0 bridgehead atoms. The highest BCUT2D eigenvalue weighted by Crippen LogP contribution is 2.16. The first-order chi connectivity index (χ1) is 9.47. The number of hydrogen-bond acceptors (Lipinski definition) is 3. The van der Waals surface area contributed by atoms with Crippen molar-refractivity contribution in [1.29, 1.82) is 0 Å². The van der Waals surface area contributed by atoms with Gasteiger partial charge in [-0.1, -0.05) is 6.07 Å². The van der Waals surface area contributed by atoms with Crippen LogP contribution in [0, 0.1) is 11.6 Å². The third-order valence-corrected chi connectivity index (χ3v) is 3.80. The van der Waals surface area contributed by atoms with Gasteiger partial charge in [0.2, 0.25) is 0 Å². The van der Waals surface area contributed by atoms with E-state index in [0.717, 1.165) is 19.2 Å². The van der Waals surface area contributed by atoms with Gasteiger partial charge >= 0.3 is 0 Å². The third-order valence-electron chi connectivity index (χ3n) is 3.80. The van der Waals surface area contributed by atoms with Crippen LogP contribution in [0.3, 0.4) is 0 Å². The van der Waals surface area contributed by atoms with Gasteiger partial charge in [0.1, 0.15) is 11.6 Å².